The monoisotopic (exact) mass is 264 g/mol. The molecular weight excluding hydrogens is 260 g/mol. The molecule has 0 unspecified atom stereocenters. The molecule has 1 aromatic rings. The number of carbonyl (C=O) groups excluding carboxylic acids is 1. The Hall–Kier alpha value is -0.880. The predicted molar refractivity (Wildman–Crippen MR) is 50.3 cm³/mol. The van der Waals surface area contributed by atoms with E-state index < -0.39 is 11.9 Å². The van der Waals surface area contributed by atoms with Gasteiger partial charge in [0.1, 0.15) is 4.88 Å². The molecule has 70 valence electrons. The fourth-order valence-corrected chi connectivity index (χ4v) is 2.44. The van der Waals surface area contributed by atoms with Crippen LogP contribution in [0.15, 0.2) is 9.85 Å². The van der Waals surface area contributed by atoms with Crippen molar-refractivity contribution in [1.82, 2.24) is 0 Å². The number of ether oxygens (including phenoxy) is 1. The minimum Gasteiger partial charge on any atom is -0.478 e. The van der Waals surface area contributed by atoms with Crippen molar-refractivity contribution in [3.05, 3.63) is 20.3 Å². The average Bonchev–Trinajstić information content (AvgIpc) is 2.46. The summed E-state index contributed by atoms with van der Waals surface area (Å²) in [5, 5.41) is 10.0. The molecule has 0 spiro atoms. The Morgan fingerprint density at radius 1 is 1.62 bits per heavy atom. The zero-order valence-corrected chi connectivity index (χ0v) is 8.94. The molecule has 0 saturated heterocycles. The van der Waals surface area contributed by atoms with Crippen LogP contribution in [0.1, 0.15) is 20.0 Å². The summed E-state index contributed by atoms with van der Waals surface area (Å²) in [6, 6.07) is 0. The van der Waals surface area contributed by atoms with Gasteiger partial charge in [-0.15, -0.1) is 11.3 Å². The third-order valence-electron chi connectivity index (χ3n) is 1.33. The van der Waals surface area contributed by atoms with Crippen molar-refractivity contribution in [3.8, 4) is 0 Å². The van der Waals surface area contributed by atoms with Crippen molar-refractivity contribution in [3.63, 3.8) is 0 Å². The van der Waals surface area contributed by atoms with Crippen LogP contribution in [-0.4, -0.2) is 24.2 Å². The summed E-state index contributed by atoms with van der Waals surface area (Å²) < 4.78 is 4.73. The molecule has 4 nitrogen and oxygen atoms in total. The summed E-state index contributed by atoms with van der Waals surface area (Å²) >= 11 is 4.06. The maximum absolute atomic E-state index is 11.0. The van der Waals surface area contributed by atoms with E-state index in [9.17, 15) is 9.59 Å². The number of carboxylic acid groups (broad SMARTS) is 1. The van der Waals surface area contributed by atoms with Crippen LogP contribution in [0.25, 0.3) is 0 Å². The molecule has 0 aliphatic carbocycles. The number of thiophene rings is 1. The summed E-state index contributed by atoms with van der Waals surface area (Å²) in [5.41, 5.74) is 0.0744. The highest BCUT2D eigenvalue weighted by atomic mass is 79.9. The SMILES string of the molecule is COC(=O)c1scc(C(=O)O)c1Br. The highest BCUT2D eigenvalue weighted by molar-refractivity contribution is 9.10. The molecule has 0 fully saturated rings. The summed E-state index contributed by atoms with van der Waals surface area (Å²) in [6.07, 6.45) is 0. The molecule has 1 N–H and O–H groups in total. The number of aromatic carboxylic acids is 1. The standard InChI is InChI=1S/C7H5BrO4S/c1-12-7(11)5-4(8)3(2-13-5)6(9)10/h2H,1H3,(H,9,10). The van der Waals surface area contributed by atoms with Gasteiger partial charge in [-0.2, -0.15) is 0 Å². The summed E-state index contributed by atoms with van der Waals surface area (Å²) in [7, 11) is 1.24. The third kappa shape index (κ3) is 1.89. The molecule has 0 aliphatic rings. The second kappa shape index (κ2) is 3.89. The van der Waals surface area contributed by atoms with Crippen LogP contribution >= 0.6 is 27.3 Å². The van der Waals surface area contributed by atoms with Crippen LogP contribution in [0.3, 0.4) is 0 Å². The maximum atomic E-state index is 11.0. The fraction of sp³-hybridized carbons (Fsp3) is 0.143. The minimum absolute atomic E-state index is 0.0744. The van der Waals surface area contributed by atoms with E-state index in [2.05, 4.69) is 20.7 Å². The third-order valence-corrected chi connectivity index (χ3v) is 3.38. The number of esters is 1. The van der Waals surface area contributed by atoms with Gasteiger partial charge in [-0.3, -0.25) is 0 Å². The molecule has 0 aliphatic heterocycles. The lowest BCUT2D eigenvalue weighted by atomic mass is 10.3. The average molecular weight is 265 g/mol. The smallest absolute Gasteiger partial charge is 0.349 e. The number of carboxylic acids is 1. The first-order valence-corrected chi connectivity index (χ1v) is 4.83. The molecule has 1 aromatic heterocycles. The maximum Gasteiger partial charge on any atom is 0.349 e. The van der Waals surface area contributed by atoms with Gasteiger partial charge in [-0.1, -0.05) is 0 Å². The van der Waals surface area contributed by atoms with E-state index in [0.717, 1.165) is 11.3 Å². The van der Waals surface area contributed by atoms with Crippen LogP contribution < -0.4 is 0 Å². The molecule has 13 heavy (non-hydrogen) atoms. The van der Waals surface area contributed by atoms with Crippen molar-refractivity contribution < 1.29 is 19.4 Å². The first kappa shape index (κ1) is 10.2. The van der Waals surface area contributed by atoms with Crippen molar-refractivity contribution in [2.45, 2.75) is 0 Å². The Kier molecular flexibility index (Phi) is 3.05. The van der Waals surface area contributed by atoms with Gasteiger partial charge in [-0.25, -0.2) is 9.59 Å². The molecular formula is C7H5BrO4S. The predicted octanol–water partition coefficient (Wildman–Crippen LogP) is 2.00. The highest BCUT2D eigenvalue weighted by Gasteiger charge is 2.19. The van der Waals surface area contributed by atoms with Crippen LogP contribution in [0, 0.1) is 0 Å². The molecule has 0 amide bonds. The van der Waals surface area contributed by atoms with Crippen molar-refractivity contribution in [2.24, 2.45) is 0 Å². The van der Waals surface area contributed by atoms with Gasteiger partial charge in [0.2, 0.25) is 0 Å². The molecule has 1 rings (SSSR count). The number of halogens is 1. The van der Waals surface area contributed by atoms with E-state index in [1.165, 1.54) is 12.5 Å². The summed E-state index contributed by atoms with van der Waals surface area (Å²) in [5.74, 6) is -1.61. The van der Waals surface area contributed by atoms with Gasteiger partial charge in [0, 0.05) is 5.38 Å². The topological polar surface area (TPSA) is 63.6 Å². The molecule has 0 bridgehead atoms. The normalized spacial score (nSPS) is 9.69. The van der Waals surface area contributed by atoms with Gasteiger partial charge in [0.05, 0.1) is 17.1 Å². The Bertz CT molecular complexity index is 357. The number of hydrogen-bond donors (Lipinski definition) is 1. The largest absolute Gasteiger partial charge is 0.478 e. The van der Waals surface area contributed by atoms with Crippen LogP contribution in [0.5, 0.6) is 0 Å². The van der Waals surface area contributed by atoms with Crippen molar-refractivity contribution in [2.75, 3.05) is 7.11 Å². The minimum atomic E-state index is -1.07. The van der Waals surface area contributed by atoms with Crippen LogP contribution in [-0.2, 0) is 4.74 Å². The highest BCUT2D eigenvalue weighted by Crippen LogP contribution is 2.28. The zero-order valence-electron chi connectivity index (χ0n) is 6.54. The molecule has 0 saturated carbocycles. The van der Waals surface area contributed by atoms with Gasteiger partial charge >= 0.3 is 11.9 Å². The number of methoxy groups -OCH3 is 1. The summed E-state index contributed by atoms with van der Waals surface area (Å²) in [6.45, 7) is 0. The fourth-order valence-electron chi connectivity index (χ4n) is 0.718. The van der Waals surface area contributed by atoms with Gasteiger partial charge in [0.15, 0.2) is 0 Å². The molecule has 1 heterocycles. The molecule has 0 radical (unpaired) electrons. The number of hydrogen-bond acceptors (Lipinski definition) is 4. The van der Waals surface area contributed by atoms with Gasteiger partial charge in [0.25, 0.3) is 0 Å². The first-order valence-electron chi connectivity index (χ1n) is 3.16. The van der Waals surface area contributed by atoms with E-state index in [1.54, 1.807) is 0 Å². The number of carbonyl (C=O) groups is 2. The van der Waals surface area contributed by atoms with E-state index in [-0.39, 0.29) is 14.9 Å². The van der Waals surface area contributed by atoms with Crippen LogP contribution in [0.2, 0.25) is 0 Å². The quantitative estimate of drug-likeness (QED) is 0.830. The van der Waals surface area contributed by atoms with E-state index >= 15 is 0 Å². The first-order chi connectivity index (χ1) is 6.07. The zero-order chi connectivity index (χ0) is 10.0. The molecule has 0 atom stereocenters. The van der Waals surface area contributed by atoms with Crippen molar-refractivity contribution >= 4 is 39.2 Å². The van der Waals surface area contributed by atoms with Gasteiger partial charge < -0.3 is 9.84 Å². The Morgan fingerprint density at radius 3 is 2.62 bits per heavy atom. The van der Waals surface area contributed by atoms with E-state index in [4.69, 9.17) is 5.11 Å². The molecule has 6 heteroatoms. The van der Waals surface area contributed by atoms with Crippen molar-refractivity contribution in [1.29, 1.82) is 0 Å². The Labute approximate surface area is 86.3 Å². The van der Waals surface area contributed by atoms with Gasteiger partial charge in [-0.05, 0) is 15.9 Å². The summed E-state index contributed by atoms with van der Waals surface area (Å²) in [4.78, 5) is 21.9. The molecule has 0 aromatic carbocycles. The Morgan fingerprint density at radius 2 is 2.23 bits per heavy atom. The lowest BCUT2D eigenvalue weighted by molar-refractivity contribution is 0.0605. The van der Waals surface area contributed by atoms with E-state index in [1.807, 2.05) is 0 Å². The van der Waals surface area contributed by atoms with E-state index in [0.29, 0.717) is 0 Å². The lowest BCUT2D eigenvalue weighted by Gasteiger charge is -1.95. The Balaban J connectivity index is 3.13. The lowest BCUT2D eigenvalue weighted by Crippen LogP contribution is -2.00. The second-order valence-electron chi connectivity index (χ2n) is 2.09. The van der Waals surface area contributed by atoms with Crippen LogP contribution in [0.4, 0.5) is 0 Å². The number of rotatable bonds is 2. The second-order valence-corrected chi connectivity index (χ2v) is 3.76.